The Balaban J connectivity index is 0.00000169. The highest BCUT2D eigenvalue weighted by Crippen LogP contribution is 2.43. The number of rotatable bonds is 3. The van der Waals surface area contributed by atoms with Crippen LogP contribution < -0.4 is 10.6 Å². The Morgan fingerprint density at radius 1 is 1.04 bits per heavy atom. The van der Waals surface area contributed by atoms with Crippen molar-refractivity contribution in [1.82, 2.24) is 10.6 Å². The van der Waals surface area contributed by atoms with E-state index in [1.807, 2.05) is 35.7 Å². The second-order valence-corrected chi connectivity index (χ2v) is 9.55. The minimum atomic E-state index is 0. The van der Waals surface area contributed by atoms with Crippen LogP contribution in [0.5, 0.6) is 0 Å². The highest BCUT2D eigenvalue weighted by atomic mass is 35.5. The van der Waals surface area contributed by atoms with Crippen molar-refractivity contribution in [2.24, 2.45) is 0 Å². The molecular formula is C18H25ClN2OS2. The maximum Gasteiger partial charge on any atom is 0.251 e. The maximum atomic E-state index is 12.5. The van der Waals surface area contributed by atoms with Gasteiger partial charge in [0.15, 0.2) is 0 Å². The van der Waals surface area contributed by atoms with E-state index in [0.717, 1.165) is 18.4 Å². The van der Waals surface area contributed by atoms with E-state index in [9.17, 15) is 4.79 Å². The van der Waals surface area contributed by atoms with Crippen LogP contribution in [0.15, 0.2) is 24.3 Å². The fourth-order valence-corrected chi connectivity index (χ4v) is 6.81. The first-order chi connectivity index (χ1) is 11.3. The fourth-order valence-electron chi connectivity index (χ4n) is 3.92. The van der Waals surface area contributed by atoms with Crippen molar-refractivity contribution < 1.29 is 4.79 Å². The quantitative estimate of drug-likeness (QED) is 0.826. The lowest BCUT2D eigenvalue weighted by molar-refractivity contribution is 0.0924. The van der Waals surface area contributed by atoms with Gasteiger partial charge in [-0.1, -0.05) is 12.1 Å². The Labute approximate surface area is 158 Å². The van der Waals surface area contributed by atoms with E-state index < -0.39 is 0 Å². The van der Waals surface area contributed by atoms with Gasteiger partial charge in [-0.3, -0.25) is 4.79 Å². The number of amides is 1. The molecule has 0 spiro atoms. The fraction of sp³-hybridized carbons (Fsp3) is 0.611. The molecular weight excluding hydrogens is 360 g/mol. The van der Waals surface area contributed by atoms with Gasteiger partial charge in [-0.25, -0.2) is 0 Å². The van der Waals surface area contributed by atoms with Crippen molar-refractivity contribution in [3.8, 4) is 0 Å². The zero-order valence-corrected chi connectivity index (χ0v) is 16.2. The molecule has 24 heavy (non-hydrogen) atoms. The Morgan fingerprint density at radius 3 is 2.29 bits per heavy atom. The van der Waals surface area contributed by atoms with Crippen LogP contribution in [0.4, 0.5) is 0 Å². The SMILES string of the molecule is Cl.O=C(NC1CC2CCC(C1)N2)c1ccc(C2SCCCS2)cc1. The normalized spacial score (nSPS) is 29.8. The average molecular weight is 385 g/mol. The number of carbonyl (C=O) groups excluding carboxylic acids is 1. The number of thioether (sulfide) groups is 2. The van der Waals surface area contributed by atoms with Gasteiger partial charge in [-0.15, -0.1) is 35.9 Å². The molecule has 6 heteroatoms. The van der Waals surface area contributed by atoms with E-state index in [1.54, 1.807) is 0 Å². The van der Waals surface area contributed by atoms with Crippen LogP contribution in [0.25, 0.3) is 0 Å². The summed E-state index contributed by atoms with van der Waals surface area (Å²) in [6.45, 7) is 0. The van der Waals surface area contributed by atoms with Gasteiger partial charge in [0.05, 0.1) is 4.58 Å². The second-order valence-electron chi connectivity index (χ2n) is 6.83. The third-order valence-electron chi connectivity index (χ3n) is 5.08. The number of hydrogen-bond acceptors (Lipinski definition) is 4. The number of nitrogens with one attached hydrogen (secondary N) is 2. The van der Waals surface area contributed by atoms with Crippen molar-refractivity contribution in [3.05, 3.63) is 35.4 Å². The molecule has 0 radical (unpaired) electrons. The molecule has 4 rings (SSSR count). The molecule has 3 nitrogen and oxygen atoms in total. The van der Waals surface area contributed by atoms with E-state index in [2.05, 4.69) is 22.8 Å². The first-order valence-electron chi connectivity index (χ1n) is 8.68. The Hall–Kier alpha value is -0.360. The summed E-state index contributed by atoms with van der Waals surface area (Å²) in [6.07, 6.45) is 6.00. The smallest absolute Gasteiger partial charge is 0.251 e. The molecule has 0 aliphatic carbocycles. The van der Waals surface area contributed by atoms with Crippen LogP contribution in [0, 0.1) is 0 Å². The molecule has 1 aromatic rings. The van der Waals surface area contributed by atoms with Crippen molar-refractivity contribution >= 4 is 41.8 Å². The molecule has 3 saturated heterocycles. The van der Waals surface area contributed by atoms with E-state index in [1.165, 1.54) is 36.3 Å². The molecule has 132 valence electrons. The minimum Gasteiger partial charge on any atom is -0.349 e. The highest BCUT2D eigenvalue weighted by molar-refractivity contribution is 8.16. The van der Waals surface area contributed by atoms with Crippen LogP contribution in [-0.4, -0.2) is 35.5 Å². The predicted octanol–water partition coefficient (Wildman–Crippen LogP) is 3.99. The van der Waals surface area contributed by atoms with Crippen molar-refractivity contribution in [3.63, 3.8) is 0 Å². The molecule has 3 fully saturated rings. The first kappa shape index (κ1) is 18.4. The van der Waals surface area contributed by atoms with Crippen LogP contribution in [0.3, 0.4) is 0 Å². The van der Waals surface area contributed by atoms with Crippen LogP contribution in [-0.2, 0) is 0 Å². The molecule has 2 bridgehead atoms. The van der Waals surface area contributed by atoms with Crippen LogP contribution >= 0.6 is 35.9 Å². The minimum absolute atomic E-state index is 0. The van der Waals surface area contributed by atoms with Crippen LogP contribution in [0.2, 0.25) is 0 Å². The first-order valence-corrected chi connectivity index (χ1v) is 10.8. The Bertz CT molecular complexity index is 551. The monoisotopic (exact) mass is 384 g/mol. The lowest BCUT2D eigenvalue weighted by atomic mass is 9.99. The molecule has 0 aromatic heterocycles. The third-order valence-corrected chi connectivity index (χ3v) is 8.10. The lowest BCUT2D eigenvalue weighted by Crippen LogP contribution is -2.48. The zero-order valence-electron chi connectivity index (χ0n) is 13.7. The predicted molar refractivity (Wildman–Crippen MR) is 106 cm³/mol. The highest BCUT2D eigenvalue weighted by Gasteiger charge is 2.34. The van der Waals surface area contributed by atoms with Gasteiger partial charge in [0.2, 0.25) is 0 Å². The molecule has 3 heterocycles. The summed E-state index contributed by atoms with van der Waals surface area (Å²) in [6, 6.07) is 9.83. The number of hydrogen-bond donors (Lipinski definition) is 2. The molecule has 2 N–H and O–H groups in total. The summed E-state index contributed by atoms with van der Waals surface area (Å²) in [5, 5.41) is 6.87. The van der Waals surface area contributed by atoms with Gasteiger partial charge in [0.25, 0.3) is 5.91 Å². The van der Waals surface area contributed by atoms with Gasteiger partial charge in [-0.05, 0) is 61.3 Å². The summed E-state index contributed by atoms with van der Waals surface area (Å²) in [5.41, 5.74) is 2.14. The van der Waals surface area contributed by atoms with E-state index in [0.29, 0.717) is 22.7 Å². The lowest BCUT2D eigenvalue weighted by Gasteiger charge is -2.29. The summed E-state index contributed by atoms with van der Waals surface area (Å²) in [4.78, 5) is 12.5. The molecule has 3 aliphatic rings. The summed E-state index contributed by atoms with van der Waals surface area (Å²) in [7, 11) is 0. The van der Waals surface area contributed by atoms with Crippen molar-refractivity contribution in [1.29, 1.82) is 0 Å². The second kappa shape index (κ2) is 8.35. The van der Waals surface area contributed by atoms with Crippen LogP contribution in [0.1, 0.15) is 52.6 Å². The zero-order chi connectivity index (χ0) is 15.6. The molecule has 2 unspecified atom stereocenters. The van der Waals surface area contributed by atoms with Gasteiger partial charge in [-0.2, -0.15) is 0 Å². The number of fused-ring (bicyclic) bond motifs is 2. The average Bonchev–Trinajstić information content (AvgIpc) is 2.94. The van der Waals surface area contributed by atoms with Crippen molar-refractivity contribution in [2.75, 3.05) is 11.5 Å². The number of halogens is 1. The summed E-state index contributed by atoms with van der Waals surface area (Å²) < 4.78 is 0.543. The largest absolute Gasteiger partial charge is 0.349 e. The van der Waals surface area contributed by atoms with E-state index >= 15 is 0 Å². The summed E-state index contributed by atoms with van der Waals surface area (Å²) >= 11 is 4.04. The number of benzene rings is 1. The van der Waals surface area contributed by atoms with Gasteiger partial charge in [0, 0.05) is 23.7 Å². The van der Waals surface area contributed by atoms with E-state index in [4.69, 9.17) is 0 Å². The Morgan fingerprint density at radius 2 is 1.67 bits per heavy atom. The number of carbonyl (C=O) groups is 1. The topological polar surface area (TPSA) is 41.1 Å². The van der Waals surface area contributed by atoms with Crippen molar-refractivity contribution in [2.45, 2.75) is 54.8 Å². The molecule has 0 saturated carbocycles. The maximum absolute atomic E-state index is 12.5. The molecule has 3 aliphatic heterocycles. The number of piperidine rings is 1. The van der Waals surface area contributed by atoms with Gasteiger partial charge >= 0.3 is 0 Å². The van der Waals surface area contributed by atoms with Gasteiger partial charge < -0.3 is 10.6 Å². The molecule has 1 amide bonds. The Kier molecular flexibility index (Phi) is 6.41. The molecule has 2 atom stereocenters. The van der Waals surface area contributed by atoms with Gasteiger partial charge in [0.1, 0.15) is 0 Å². The standard InChI is InChI=1S/C18H24N2OS2.ClH/c21-17(20-16-10-14-6-7-15(11-16)19-14)12-2-4-13(5-3-12)18-22-8-1-9-23-18;/h2-5,14-16,18-19H,1,6-11H2,(H,20,21);1H. The molecule has 1 aromatic carbocycles. The summed E-state index contributed by atoms with van der Waals surface area (Å²) in [5.74, 6) is 2.59. The van der Waals surface area contributed by atoms with E-state index in [-0.39, 0.29) is 18.3 Å². The third kappa shape index (κ3) is 4.24.